The van der Waals surface area contributed by atoms with Gasteiger partial charge in [0.1, 0.15) is 0 Å². The highest BCUT2D eigenvalue weighted by molar-refractivity contribution is 5.72. The number of aryl methyl sites for hydroxylation is 1. The van der Waals surface area contributed by atoms with Gasteiger partial charge in [0, 0.05) is 5.56 Å². The Labute approximate surface area is 129 Å². The van der Waals surface area contributed by atoms with Gasteiger partial charge in [0.25, 0.3) is 5.89 Å². The molecule has 1 unspecified atom stereocenters. The van der Waals surface area contributed by atoms with Gasteiger partial charge in [0.05, 0.1) is 5.92 Å². The zero-order valence-electron chi connectivity index (χ0n) is 12.5. The Balaban J connectivity index is 1.58. The molecule has 2 aromatic rings. The van der Waals surface area contributed by atoms with Crippen molar-refractivity contribution in [3.05, 3.63) is 47.8 Å². The molecule has 22 heavy (non-hydrogen) atoms. The second-order valence-electron chi connectivity index (χ2n) is 5.47. The molecule has 5 heteroatoms. The third-order valence-corrected chi connectivity index (χ3v) is 3.71. The third kappa shape index (κ3) is 3.42. The Bertz CT molecular complexity index is 673. The summed E-state index contributed by atoms with van der Waals surface area (Å²) >= 11 is 0. The zero-order valence-corrected chi connectivity index (χ0v) is 12.5. The number of aromatic nitrogens is 2. The summed E-state index contributed by atoms with van der Waals surface area (Å²) in [6.45, 7) is 2.07. The lowest BCUT2D eigenvalue weighted by molar-refractivity contribution is -0.150. The summed E-state index contributed by atoms with van der Waals surface area (Å²) in [7, 11) is 0. The Hall–Kier alpha value is -2.43. The minimum Gasteiger partial charge on any atom is -0.457 e. The Kier molecular flexibility index (Phi) is 4.32. The molecule has 0 amide bonds. The van der Waals surface area contributed by atoms with E-state index < -0.39 is 0 Å². The quantitative estimate of drug-likeness (QED) is 0.639. The number of carbonyl (C=O) groups is 1. The van der Waals surface area contributed by atoms with Gasteiger partial charge in [0.15, 0.2) is 6.61 Å². The monoisotopic (exact) mass is 298 g/mol. The van der Waals surface area contributed by atoms with Gasteiger partial charge in [-0.3, -0.25) is 4.79 Å². The van der Waals surface area contributed by atoms with Crippen LogP contribution in [0, 0.1) is 12.8 Å². The minimum absolute atomic E-state index is 0.0477. The Morgan fingerprint density at radius 2 is 2.14 bits per heavy atom. The van der Waals surface area contributed by atoms with E-state index in [9.17, 15) is 4.79 Å². The van der Waals surface area contributed by atoms with Crippen LogP contribution in [0.4, 0.5) is 0 Å². The molecule has 114 valence electrons. The SMILES string of the molecule is Cc1ccc(-c2nc(COC(=O)C3CC=CCC3)no2)cc1. The van der Waals surface area contributed by atoms with Crippen molar-refractivity contribution in [3.8, 4) is 11.5 Å². The first-order valence-electron chi connectivity index (χ1n) is 7.43. The van der Waals surface area contributed by atoms with Crippen LogP contribution in [0.5, 0.6) is 0 Å². The maximum Gasteiger partial charge on any atom is 0.309 e. The molecule has 5 nitrogen and oxygen atoms in total. The van der Waals surface area contributed by atoms with E-state index in [2.05, 4.69) is 16.2 Å². The fourth-order valence-corrected chi connectivity index (χ4v) is 2.39. The van der Waals surface area contributed by atoms with Gasteiger partial charge in [-0.05, 0) is 38.3 Å². The van der Waals surface area contributed by atoms with Crippen LogP contribution < -0.4 is 0 Å². The van der Waals surface area contributed by atoms with Crippen molar-refractivity contribution in [3.63, 3.8) is 0 Å². The van der Waals surface area contributed by atoms with Crippen LogP contribution in [0.3, 0.4) is 0 Å². The molecule has 0 fully saturated rings. The fraction of sp³-hybridized carbons (Fsp3) is 0.353. The topological polar surface area (TPSA) is 65.2 Å². The maximum atomic E-state index is 11.9. The van der Waals surface area contributed by atoms with Gasteiger partial charge in [0.2, 0.25) is 5.82 Å². The smallest absolute Gasteiger partial charge is 0.309 e. The number of rotatable bonds is 4. The maximum absolute atomic E-state index is 11.9. The van der Waals surface area contributed by atoms with E-state index in [1.807, 2.05) is 37.3 Å². The molecule has 1 aliphatic rings. The molecule has 0 N–H and O–H groups in total. The fourth-order valence-electron chi connectivity index (χ4n) is 2.39. The molecular weight excluding hydrogens is 280 g/mol. The van der Waals surface area contributed by atoms with E-state index in [0.717, 1.165) is 24.8 Å². The van der Waals surface area contributed by atoms with Crippen molar-refractivity contribution in [2.75, 3.05) is 0 Å². The van der Waals surface area contributed by atoms with Gasteiger partial charge in [-0.2, -0.15) is 4.98 Å². The summed E-state index contributed by atoms with van der Waals surface area (Å²) in [4.78, 5) is 16.2. The van der Waals surface area contributed by atoms with Gasteiger partial charge in [-0.15, -0.1) is 0 Å². The third-order valence-electron chi connectivity index (χ3n) is 3.71. The molecule has 1 aromatic heterocycles. The lowest BCUT2D eigenvalue weighted by atomic mass is 9.95. The van der Waals surface area contributed by atoms with E-state index in [-0.39, 0.29) is 18.5 Å². The van der Waals surface area contributed by atoms with E-state index in [1.54, 1.807) is 0 Å². The zero-order chi connectivity index (χ0) is 15.4. The molecule has 0 spiro atoms. The molecule has 0 radical (unpaired) electrons. The Morgan fingerprint density at radius 1 is 1.32 bits per heavy atom. The minimum atomic E-state index is -0.189. The first-order valence-corrected chi connectivity index (χ1v) is 7.43. The summed E-state index contributed by atoms with van der Waals surface area (Å²) in [5.74, 6) is 0.585. The standard InChI is InChI=1S/C17H18N2O3/c1-12-7-9-13(10-8-12)16-18-15(19-22-16)11-21-17(20)14-5-3-2-4-6-14/h2-3,7-10,14H,4-6,11H2,1H3. The number of hydrogen-bond acceptors (Lipinski definition) is 5. The highest BCUT2D eigenvalue weighted by atomic mass is 16.5. The van der Waals surface area contributed by atoms with Gasteiger partial charge < -0.3 is 9.26 Å². The molecule has 0 aliphatic heterocycles. The Morgan fingerprint density at radius 3 is 2.86 bits per heavy atom. The van der Waals surface area contributed by atoms with Crippen molar-refractivity contribution in [2.24, 2.45) is 5.92 Å². The first kappa shape index (κ1) is 14.5. The predicted molar refractivity (Wildman–Crippen MR) is 80.7 cm³/mol. The second kappa shape index (κ2) is 6.56. The number of ether oxygens (including phenoxy) is 1. The van der Waals surface area contributed by atoms with Crippen molar-refractivity contribution >= 4 is 5.97 Å². The summed E-state index contributed by atoms with van der Waals surface area (Å²) in [5.41, 5.74) is 2.02. The van der Waals surface area contributed by atoms with Crippen molar-refractivity contribution < 1.29 is 14.1 Å². The van der Waals surface area contributed by atoms with Crippen LogP contribution in [-0.4, -0.2) is 16.1 Å². The molecule has 1 aliphatic carbocycles. The van der Waals surface area contributed by atoms with Gasteiger partial charge in [-0.1, -0.05) is 35.0 Å². The number of benzene rings is 1. The molecule has 1 aromatic carbocycles. The van der Waals surface area contributed by atoms with Crippen LogP contribution >= 0.6 is 0 Å². The normalized spacial score (nSPS) is 17.4. The number of nitrogens with zero attached hydrogens (tertiary/aromatic N) is 2. The van der Waals surface area contributed by atoms with Crippen LogP contribution in [0.15, 0.2) is 40.9 Å². The van der Waals surface area contributed by atoms with Crippen LogP contribution in [0.2, 0.25) is 0 Å². The van der Waals surface area contributed by atoms with Crippen LogP contribution in [0.25, 0.3) is 11.5 Å². The second-order valence-corrected chi connectivity index (χ2v) is 5.47. The van der Waals surface area contributed by atoms with Crippen molar-refractivity contribution in [1.29, 1.82) is 0 Å². The number of esters is 1. The largest absolute Gasteiger partial charge is 0.457 e. The van der Waals surface area contributed by atoms with Crippen LogP contribution in [0.1, 0.15) is 30.7 Å². The molecule has 1 heterocycles. The molecule has 0 bridgehead atoms. The molecule has 0 saturated heterocycles. The van der Waals surface area contributed by atoms with Crippen molar-refractivity contribution in [2.45, 2.75) is 32.8 Å². The predicted octanol–water partition coefficient (Wildman–Crippen LogP) is 3.44. The summed E-state index contributed by atoms with van der Waals surface area (Å²) in [6, 6.07) is 7.81. The highest BCUT2D eigenvalue weighted by Crippen LogP contribution is 2.21. The first-order chi connectivity index (χ1) is 10.7. The van der Waals surface area contributed by atoms with Crippen LogP contribution in [-0.2, 0) is 16.1 Å². The van der Waals surface area contributed by atoms with Gasteiger partial charge in [-0.25, -0.2) is 0 Å². The van der Waals surface area contributed by atoms with E-state index >= 15 is 0 Å². The summed E-state index contributed by atoms with van der Waals surface area (Å²) < 4.78 is 10.5. The number of carbonyl (C=O) groups excluding carboxylic acids is 1. The van der Waals surface area contributed by atoms with E-state index in [0.29, 0.717) is 11.7 Å². The average Bonchev–Trinajstić information content (AvgIpc) is 3.03. The molecule has 1 atom stereocenters. The molecule has 3 rings (SSSR count). The number of hydrogen-bond donors (Lipinski definition) is 0. The lowest BCUT2D eigenvalue weighted by Gasteiger charge is -2.15. The summed E-state index contributed by atoms with van der Waals surface area (Å²) in [6.07, 6.45) is 6.64. The molecular formula is C17H18N2O3. The average molecular weight is 298 g/mol. The highest BCUT2D eigenvalue weighted by Gasteiger charge is 2.21. The summed E-state index contributed by atoms with van der Waals surface area (Å²) in [5, 5.41) is 3.85. The van der Waals surface area contributed by atoms with E-state index in [1.165, 1.54) is 5.56 Å². The van der Waals surface area contributed by atoms with E-state index in [4.69, 9.17) is 9.26 Å². The molecule has 0 saturated carbocycles. The van der Waals surface area contributed by atoms with Gasteiger partial charge >= 0.3 is 5.97 Å². The number of allylic oxidation sites excluding steroid dienone is 2. The lowest BCUT2D eigenvalue weighted by Crippen LogP contribution is -2.18. The van der Waals surface area contributed by atoms with Crippen molar-refractivity contribution in [1.82, 2.24) is 10.1 Å².